The maximum Gasteiger partial charge on any atom is 0.257 e. The van der Waals surface area contributed by atoms with Crippen molar-refractivity contribution in [2.75, 3.05) is 23.4 Å². The molecule has 2 aromatic carbocycles. The molecule has 1 atom stereocenters. The molecule has 5 nitrogen and oxygen atoms in total. The summed E-state index contributed by atoms with van der Waals surface area (Å²) in [6, 6.07) is 15.8. The largest absolute Gasteiger partial charge is 0.494 e. The van der Waals surface area contributed by atoms with Gasteiger partial charge in [-0.15, -0.1) is 0 Å². The number of carbonyl (C=O) groups excluding carboxylic acids is 1. The van der Waals surface area contributed by atoms with Gasteiger partial charge in [-0.25, -0.2) is 0 Å². The predicted molar refractivity (Wildman–Crippen MR) is 123 cm³/mol. The standard InChI is InChI=1S/C23H29N3O2S/c1-3-16-28-21-13-7-18(8-14-21)22(27)25-23(29)24-19-9-11-20(12-10-19)26-15-5-4-6-17(26)2/h7-14,17H,3-6,15-16H2,1-2H3,(H2,24,25,27,29)/t17-/m1/s1. The van der Waals surface area contributed by atoms with Crippen LogP contribution in [0.25, 0.3) is 0 Å². The third-order valence-corrected chi connectivity index (χ3v) is 5.28. The number of hydrogen-bond donors (Lipinski definition) is 2. The van der Waals surface area contributed by atoms with Gasteiger partial charge in [-0.1, -0.05) is 6.92 Å². The fourth-order valence-corrected chi connectivity index (χ4v) is 3.69. The molecular formula is C23H29N3O2S. The second-order valence-corrected chi connectivity index (χ2v) is 7.77. The number of nitrogens with one attached hydrogen (secondary N) is 2. The molecule has 1 aliphatic rings. The van der Waals surface area contributed by atoms with Gasteiger partial charge in [-0.3, -0.25) is 10.1 Å². The van der Waals surface area contributed by atoms with Gasteiger partial charge in [-0.2, -0.15) is 0 Å². The Kier molecular flexibility index (Phi) is 7.47. The van der Waals surface area contributed by atoms with Crippen molar-refractivity contribution in [2.45, 2.75) is 45.6 Å². The van der Waals surface area contributed by atoms with E-state index < -0.39 is 0 Å². The Hall–Kier alpha value is -2.60. The van der Waals surface area contributed by atoms with E-state index in [-0.39, 0.29) is 11.0 Å². The van der Waals surface area contributed by atoms with E-state index in [0.717, 1.165) is 24.4 Å². The molecule has 29 heavy (non-hydrogen) atoms. The van der Waals surface area contributed by atoms with E-state index in [4.69, 9.17) is 17.0 Å². The number of rotatable bonds is 6. The fraction of sp³-hybridized carbons (Fsp3) is 0.391. The quantitative estimate of drug-likeness (QED) is 0.657. The van der Waals surface area contributed by atoms with Crippen molar-refractivity contribution in [1.82, 2.24) is 5.32 Å². The van der Waals surface area contributed by atoms with Crippen LogP contribution >= 0.6 is 12.2 Å². The summed E-state index contributed by atoms with van der Waals surface area (Å²) in [5, 5.41) is 6.08. The van der Waals surface area contributed by atoms with E-state index in [2.05, 4.69) is 41.5 Å². The van der Waals surface area contributed by atoms with Crippen LogP contribution in [0.2, 0.25) is 0 Å². The molecule has 1 amide bonds. The van der Waals surface area contributed by atoms with E-state index in [1.54, 1.807) is 24.3 Å². The number of piperidine rings is 1. The zero-order valence-corrected chi connectivity index (χ0v) is 17.9. The Morgan fingerprint density at radius 3 is 2.52 bits per heavy atom. The van der Waals surface area contributed by atoms with Crippen molar-refractivity contribution >= 4 is 34.6 Å². The van der Waals surface area contributed by atoms with Crippen molar-refractivity contribution in [2.24, 2.45) is 0 Å². The molecule has 1 aliphatic heterocycles. The smallest absolute Gasteiger partial charge is 0.257 e. The van der Waals surface area contributed by atoms with Gasteiger partial charge in [0.15, 0.2) is 5.11 Å². The lowest BCUT2D eigenvalue weighted by Gasteiger charge is -2.35. The summed E-state index contributed by atoms with van der Waals surface area (Å²) in [5.74, 6) is 0.510. The highest BCUT2D eigenvalue weighted by Crippen LogP contribution is 2.25. The Bertz CT molecular complexity index is 821. The highest BCUT2D eigenvalue weighted by atomic mass is 32.1. The zero-order chi connectivity index (χ0) is 20.6. The van der Waals surface area contributed by atoms with Gasteiger partial charge in [-0.05, 0) is 93.4 Å². The van der Waals surface area contributed by atoms with Gasteiger partial charge < -0.3 is 15.0 Å². The van der Waals surface area contributed by atoms with Gasteiger partial charge in [0, 0.05) is 29.5 Å². The summed E-state index contributed by atoms with van der Waals surface area (Å²) in [4.78, 5) is 14.8. The van der Waals surface area contributed by atoms with Gasteiger partial charge >= 0.3 is 0 Å². The van der Waals surface area contributed by atoms with Crippen molar-refractivity contribution in [1.29, 1.82) is 0 Å². The van der Waals surface area contributed by atoms with Gasteiger partial charge in [0.25, 0.3) is 5.91 Å². The number of amides is 1. The molecule has 1 saturated heterocycles. The van der Waals surface area contributed by atoms with Crippen LogP contribution < -0.4 is 20.3 Å². The lowest BCUT2D eigenvalue weighted by Crippen LogP contribution is -2.37. The second kappa shape index (κ2) is 10.3. The number of hydrogen-bond acceptors (Lipinski definition) is 4. The predicted octanol–water partition coefficient (Wildman–Crippen LogP) is 4.98. The minimum Gasteiger partial charge on any atom is -0.494 e. The minimum absolute atomic E-state index is 0.247. The molecule has 6 heteroatoms. The van der Waals surface area contributed by atoms with Crippen molar-refractivity contribution in [3.63, 3.8) is 0 Å². The lowest BCUT2D eigenvalue weighted by atomic mass is 10.0. The van der Waals surface area contributed by atoms with Crippen molar-refractivity contribution in [3.8, 4) is 5.75 Å². The first-order valence-corrected chi connectivity index (χ1v) is 10.7. The third-order valence-electron chi connectivity index (χ3n) is 5.08. The van der Waals surface area contributed by atoms with E-state index in [9.17, 15) is 4.79 Å². The maximum atomic E-state index is 12.4. The molecule has 3 rings (SSSR count). The third kappa shape index (κ3) is 5.94. The Morgan fingerprint density at radius 2 is 1.86 bits per heavy atom. The number of anilines is 2. The van der Waals surface area contributed by atoms with E-state index in [1.165, 1.54) is 24.9 Å². The monoisotopic (exact) mass is 411 g/mol. The first kappa shape index (κ1) is 21.1. The summed E-state index contributed by atoms with van der Waals surface area (Å²) < 4.78 is 5.54. The number of nitrogens with zero attached hydrogens (tertiary/aromatic N) is 1. The summed E-state index contributed by atoms with van der Waals surface area (Å²) in [6.07, 6.45) is 4.73. The van der Waals surface area contributed by atoms with E-state index >= 15 is 0 Å². The van der Waals surface area contributed by atoms with Crippen LogP contribution in [-0.2, 0) is 0 Å². The summed E-state index contributed by atoms with van der Waals surface area (Å²) in [5.41, 5.74) is 2.61. The van der Waals surface area contributed by atoms with Crippen LogP contribution in [0.3, 0.4) is 0 Å². The normalized spacial score (nSPS) is 16.2. The molecule has 0 unspecified atom stereocenters. The fourth-order valence-electron chi connectivity index (χ4n) is 3.48. The summed E-state index contributed by atoms with van der Waals surface area (Å²) >= 11 is 5.29. The molecule has 0 aliphatic carbocycles. The van der Waals surface area contributed by atoms with Gasteiger partial charge in [0.1, 0.15) is 5.75 Å². The molecule has 0 saturated carbocycles. The molecule has 1 fully saturated rings. The molecule has 154 valence electrons. The molecule has 0 bridgehead atoms. The zero-order valence-electron chi connectivity index (χ0n) is 17.1. The van der Waals surface area contributed by atoms with E-state index in [1.807, 2.05) is 12.1 Å². The Morgan fingerprint density at radius 1 is 1.14 bits per heavy atom. The number of benzene rings is 2. The molecule has 2 N–H and O–H groups in total. The number of thiocarbonyl (C=S) groups is 1. The highest BCUT2D eigenvalue weighted by molar-refractivity contribution is 7.80. The maximum absolute atomic E-state index is 12.4. The van der Waals surface area contributed by atoms with Gasteiger partial charge in [0.05, 0.1) is 6.61 Å². The molecule has 0 spiro atoms. The highest BCUT2D eigenvalue weighted by Gasteiger charge is 2.18. The van der Waals surface area contributed by atoms with E-state index in [0.29, 0.717) is 18.2 Å². The average Bonchev–Trinajstić information content (AvgIpc) is 2.73. The molecule has 2 aromatic rings. The first-order chi connectivity index (χ1) is 14.1. The molecule has 0 aromatic heterocycles. The minimum atomic E-state index is -0.247. The topological polar surface area (TPSA) is 53.6 Å². The van der Waals surface area contributed by atoms with Crippen LogP contribution in [0.15, 0.2) is 48.5 Å². The van der Waals surface area contributed by atoms with Crippen LogP contribution in [0, 0.1) is 0 Å². The summed E-state index contributed by atoms with van der Waals surface area (Å²) in [7, 11) is 0. The SMILES string of the molecule is CCCOc1ccc(C(=O)NC(=S)Nc2ccc(N3CCCC[C@H]3C)cc2)cc1. The van der Waals surface area contributed by atoms with Crippen molar-refractivity contribution in [3.05, 3.63) is 54.1 Å². The van der Waals surface area contributed by atoms with Crippen LogP contribution in [0.4, 0.5) is 11.4 Å². The number of ether oxygens (including phenoxy) is 1. The average molecular weight is 412 g/mol. The van der Waals surface area contributed by atoms with Crippen LogP contribution in [0.1, 0.15) is 49.9 Å². The molecular weight excluding hydrogens is 382 g/mol. The van der Waals surface area contributed by atoms with Crippen LogP contribution in [-0.4, -0.2) is 30.2 Å². The molecule has 1 heterocycles. The Labute approximate surface area is 178 Å². The van der Waals surface area contributed by atoms with Gasteiger partial charge in [0.2, 0.25) is 0 Å². The second-order valence-electron chi connectivity index (χ2n) is 7.37. The lowest BCUT2D eigenvalue weighted by molar-refractivity contribution is 0.0977. The Balaban J connectivity index is 1.52. The van der Waals surface area contributed by atoms with Crippen molar-refractivity contribution < 1.29 is 9.53 Å². The first-order valence-electron chi connectivity index (χ1n) is 10.3. The van der Waals surface area contributed by atoms with Crippen LogP contribution in [0.5, 0.6) is 5.75 Å². The summed E-state index contributed by atoms with van der Waals surface area (Å²) in [6.45, 7) is 6.09. The number of carbonyl (C=O) groups is 1. The molecule has 0 radical (unpaired) electrons.